The van der Waals surface area contributed by atoms with Crippen molar-refractivity contribution in [2.24, 2.45) is 5.92 Å². The molecule has 3 unspecified atom stereocenters. The molecule has 1 aliphatic heterocycles. The molecule has 1 aliphatic carbocycles. The Bertz CT molecular complexity index is 389. The minimum absolute atomic E-state index is 0.0232. The SMILES string of the molecule is CC1CC1NC(=O)C1CCCCN1C(=O)OC(C)(C)C. The summed E-state index contributed by atoms with van der Waals surface area (Å²) in [4.78, 5) is 26.1. The molecule has 0 radical (unpaired) electrons. The van der Waals surface area contributed by atoms with Crippen LogP contribution in [0, 0.1) is 5.92 Å². The number of carbonyl (C=O) groups is 2. The summed E-state index contributed by atoms with van der Waals surface area (Å²) in [6.07, 6.45) is 3.32. The number of nitrogens with zero attached hydrogens (tertiary/aromatic N) is 1. The molecule has 0 bridgehead atoms. The summed E-state index contributed by atoms with van der Waals surface area (Å²) in [6.45, 7) is 8.26. The highest BCUT2D eigenvalue weighted by Crippen LogP contribution is 2.30. The summed E-state index contributed by atoms with van der Waals surface area (Å²) < 4.78 is 5.41. The average molecular weight is 282 g/mol. The number of ether oxygens (including phenoxy) is 1. The van der Waals surface area contributed by atoms with Crippen molar-refractivity contribution in [3.63, 3.8) is 0 Å². The van der Waals surface area contributed by atoms with E-state index in [9.17, 15) is 9.59 Å². The van der Waals surface area contributed by atoms with E-state index in [1.807, 2.05) is 20.8 Å². The maximum absolute atomic E-state index is 12.3. The van der Waals surface area contributed by atoms with Crippen molar-refractivity contribution in [2.45, 2.75) is 71.1 Å². The maximum Gasteiger partial charge on any atom is 0.410 e. The smallest absolute Gasteiger partial charge is 0.410 e. The van der Waals surface area contributed by atoms with Crippen LogP contribution in [0.2, 0.25) is 0 Å². The van der Waals surface area contributed by atoms with Gasteiger partial charge in [0.2, 0.25) is 5.91 Å². The quantitative estimate of drug-likeness (QED) is 0.845. The van der Waals surface area contributed by atoms with Crippen molar-refractivity contribution < 1.29 is 14.3 Å². The third-order valence-electron chi connectivity index (χ3n) is 3.87. The zero-order valence-electron chi connectivity index (χ0n) is 12.9. The number of rotatable bonds is 2. The van der Waals surface area contributed by atoms with Gasteiger partial charge >= 0.3 is 6.09 Å². The number of amides is 2. The number of carbonyl (C=O) groups excluding carboxylic acids is 2. The Kier molecular flexibility index (Phi) is 4.25. The Balaban J connectivity index is 1.97. The topological polar surface area (TPSA) is 58.6 Å². The largest absolute Gasteiger partial charge is 0.444 e. The molecule has 2 rings (SSSR count). The van der Waals surface area contributed by atoms with Crippen LogP contribution in [0.25, 0.3) is 0 Å². The van der Waals surface area contributed by atoms with Crippen LogP contribution in [0.4, 0.5) is 4.79 Å². The Morgan fingerprint density at radius 2 is 1.90 bits per heavy atom. The molecular formula is C15H26N2O3. The van der Waals surface area contributed by atoms with Gasteiger partial charge in [-0.2, -0.15) is 0 Å². The van der Waals surface area contributed by atoms with Gasteiger partial charge < -0.3 is 10.1 Å². The predicted octanol–water partition coefficient (Wildman–Crippen LogP) is 2.30. The Morgan fingerprint density at radius 1 is 1.25 bits per heavy atom. The molecule has 0 spiro atoms. The van der Waals surface area contributed by atoms with E-state index in [0.29, 0.717) is 18.5 Å². The third-order valence-corrected chi connectivity index (χ3v) is 3.87. The van der Waals surface area contributed by atoms with Gasteiger partial charge in [0.1, 0.15) is 11.6 Å². The molecule has 0 aromatic heterocycles. The van der Waals surface area contributed by atoms with Crippen LogP contribution in [-0.4, -0.2) is 41.1 Å². The molecule has 5 nitrogen and oxygen atoms in total. The lowest BCUT2D eigenvalue weighted by Crippen LogP contribution is -2.53. The first kappa shape index (κ1) is 15.1. The van der Waals surface area contributed by atoms with Gasteiger partial charge in [0.05, 0.1) is 0 Å². The van der Waals surface area contributed by atoms with E-state index < -0.39 is 5.60 Å². The number of nitrogens with one attached hydrogen (secondary N) is 1. The van der Waals surface area contributed by atoms with Gasteiger partial charge in [-0.3, -0.25) is 9.69 Å². The summed E-state index contributed by atoms with van der Waals surface area (Å²) in [5, 5.41) is 3.03. The van der Waals surface area contributed by atoms with Crippen LogP contribution in [0.3, 0.4) is 0 Å². The zero-order valence-corrected chi connectivity index (χ0v) is 12.9. The van der Waals surface area contributed by atoms with Gasteiger partial charge in [0.15, 0.2) is 0 Å². The predicted molar refractivity (Wildman–Crippen MR) is 76.3 cm³/mol. The van der Waals surface area contributed by atoms with Crippen molar-refractivity contribution in [1.29, 1.82) is 0 Å². The van der Waals surface area contributed by atoms with E-state index >= 15 is 0 Å². The first-order valence-electron chi connectivity index (χ1n) is 7.58. The highest BCUT2D eigenvalue weighted by molar-refractivity contribution is 5.86. The molecule has 5 heteroatoms. The standard InChI is InChI=1S/C15H26N2O3/c1-10-9-11(10)16-13(18)12-7-5-6-8-17(12)14(19)20-15(2,3)4/h10-12H,5-9H2,1-4H3,(H,16,18). The van der Waals surface area contributed by atoms with Gasteiger partial charge in [0, 0.05) is 12.6 Å². The Labute approximate surface area is 121 Å². The number of likely N-dealkylation sites (tertiary alicyclic amines) is 1. The first-order chi connectivity index (χ1) is 9.28. The molecule has 2 amide bonds. The van der Waals surface area contributed by atoms with E-state index in [0.717, 1.165) is 25.7 Å². The third kappa shape index (κ3) is 3.87. The highest BCUT2D eigenvalue weighted by Gasteiger charge is 2.39. The van der Waals surface area contributed by atoms with E-state index in [4.69, 9.17) is 4.74 Å². The summed E-state index contributed by atoms with van der Waals surface area (Å²) in [7, 11) is 0. The molecule has 114 valence electrons. The molecule has 1 saturated carbocycles. The minimum Gasteiger partial charge on any atom is -0.444 e. The molecule has 0 aromatic carbocycles. The number of hydrogen-bond donors (Lipinski definition) is 1. The van der Waals surface area contributed by atoms with Crippen LogP contribution >= 0.6 is 0 Å². The van der Waals surface area contributed by atoms with Crippen molar-refractivity contribution in [3.05, 3.63) is 0 Å². The molecule has 0 aromatic rings. The molecule has 20 heavy (non-hydrogen) atoms. The van der Waals surface area contributed by atoms with E-state index in [2.05, 4.69) is 12.2 Å². The van der Waals surface area contributed by atoms with Crippen molar-refractivity contribution in [2.75, 3.05) is 6.54 Å². The molecule has 2 aliphatic rings. The average Bonchev–Trinajstić information content (AvgIpc) is 3.02. The van der Waals surface area contributed by atoms with Gasteiger partial charge in [-0.1, -0.05) is 6.92 Å². The first-order valence-corrected chi connectivity index (χ1v) is 7.58. The van der Waals surface area contributed by atoms with Crippen LogP contribution in [0.5, 0.6) is 0 Å². The number of piperidine rings is 1. The summed E-state index contributed by atoms with van der Waals surface area (Å²) in [6, 6.07) is -0.0729. The van der Waals surface area contributed by atoms with E-state index in [1.165, 1.54) is 0 Å². The van der Waals surface area contributed by atoms with Gasteiger partial charge in [-0.15, -0.1) is 0 Å². The van der Waals surface area contributed by atoms with Crippen LogP contribution < -0.4 is 5.32 Å². The normalized spacial score (nSPS) is 29.8. The van der Waals surface area contributed by atoms with Crippen molar-refractivity contribution in [1.82, 2.24) is 10.2 Å². The lowest BCUT2D eigenvalue weighted by Gasteiger charge is -2.35. The molecule has 1 N–H and O–H groups in total. The van der Waals surface area contributed by atoms with Gasteiger partial charge in [-0.25, -0.2) is 4.79 Å². The maximum atomic E-state index is 12.3. The second-order valence-corrected chi connectivity index (χ2v) is 7.01. The second kappa shape index (κ2) is 5.62. The summed E-state index contributed by atoms with van der Waals surface area (Å²) in [5.74, 6) is 0.544. The van der Waals surface area contributed by atoms with Crippen LogP contribution in [0.1, 0.15) is 53.4 Å². The minimum atomic E-state index is -0.527. The lowest BCUT2D eigenvalue weighted by molar-refractivity contribution is -0.127. The van der Waals surface area contributed by atoms with Gasteiger partial charge in [0.25, 0.3) is 0 Å². The molecule has 2 fully saturated rings. The molecule has 1 heterocycles. The zero-order chi connectivity index (χ0) is 14.9. The fourth-order valence-corrected chi connectivity index (χ4v) is 2.55. The summed E-state index contributed by atoms with van der Waals surface area (Å²) >= 11 is 0. The lowest BCUT2D eigenvalue weighted by atomic mass is 10.0. The van der Waals surface area contributed by atoms with Crippen LogP contribution in [0.15, 0.2) is 0 Å². The fourth-order valence-electron chi connectivity index (χ4n) is 2.55. The van der Waals surface area contributed by atoms with Crippen molar-refractivity contribution in [3.8, 4) is 0 Å². The monoisotopic (exact) mass is 282 g/mol. The Morgan fingerprint density at radius 3 is 2.45 bits per heavy atom. The molecule has 3 atom stereocenters. The molecule has 1 saturated heterocycles. The van der Waals surface area contributed by atoms with E-state index in [1.54, 1.807) is 4.90 Å². The number of hydrogen-bond acceptors (Lipinski definition) is 3. The summed E-state index contributed by atoms with van der Waals surface area (Å²) in [5.41, 5.74) is -0.527. The highest BCUT2D eigenvalue weighted by atomic mass is 16.6. The fraction of sp³-hybridized carbons (Fsp3) is 0.867. The second-order valence-electron chi connectivity index (χ2n) is 7.01. The van der Waals surface area contributed by atoms with Gasteiger partial charge in [-0.05, 0) is 52.4 Å². The van der Waals surface area contributed by atoms with Crippen molar-refractivity contribution >= 4 is 12.0 Å². The van der Waals surface area contributed by atoms with E-state index in [-0.39, 0.29) is 18.0 Å². The molecular weight excluding hydrogens is 256 g/mol. The van der Waals surface area contributed by atoms with Crippen LogP contribution in [-0.2, 0) is 9.53 Å². The Hall–Kier alpha value is -1.26.